The molecule has 6 heteroatoms. The Kier molecular flexibility index (Phi) is 7.12. The summed E-state index contributed by atoms with van der Waals surface area (Å²) in [7, 11) is 1.38. The molecule has 0 aliphatic carbocycles. The number of esters is 1. The fourth-order valence-electron chi connectivity index (χ4n) is 2.93. The maximum atomic E-state index is 11.6. The number of para-hydroxylation sites is 1. The fourth-order valence-corrected chi connectivity index (χ4v) is 3.45. The molecule has 3 rings (SSSR count). The first-order valence-corrected chi connectivity index (χ1v) is 9.75. The van der Waals surface area contributed by atoms with Crippen LogP contribution in [0.5, 0.6) is 11.5 Å². The topological polar surface area (TPSA) is 54.0 Å². The van der Waals surface area contributed by atoms with Gasteiger partial charge in [0.15, 0.2) is 0 Å². The van der Waals surface area contributed by atoms with E-state index < -0.39 is 0 Å². The summed E-state index contributed by atoms with van der Waals surface area (Å²) in [5.74, 6) is 1.16. The SMILES string of the molecule is COC(=O)Cc1ccccc1OCc1cc(Br)cc(OCC2CCCO2)c1. The van der Waals surface area contributed by atoms with Crippen LogP contribution in [0.2, 0.25) is 0 Å². The normalized spacial score (nSPS) is 16.1. The van der Waals surface area contributed by atoms with Crippen LogP contribution in [-0.4, -0.2) is 32.4 Å². The van der Waals surface area contributed by atoms with Gasteiger partial charge < -0.3 is 18.9 Å². The molecule has 27 heavy (non-hydrogen) atoms. The molecule has 0 radical (unpaired) electrons. The van der Waals surface area contributed by atoms with Crippen molar-refractivity contribution in [2.75, 3.05) is 20.3 Å². The highest BCUT2D eigenvalue weighted by Crippen LogP contribution is 2.25. The van der Waals surface area contributed by atoms with E-state index in [0.717, 1.165) is 40.8 Å². The van der Waals surface area contributed by atoms with Gasteiger partial charge >= 0.3 is 5.97 Å². The van der Waals surface area contributed by atoms with Crippen LogP contribution in [0, 0.1) is 0 Å². The fraction of sp³-hybridized carbons (Fsp3) is 0.381. The van der Waals surface area contributed by atoms with Gasteiger partial charge in [0.05, 0.1) is 19.6 Å². The van der Waals surface area contributed by atoms with E-state index >= 15 is 0 Å². The molecule has 1 aliphatic heterocycles. The molecule has 0 amide bonds. The lowest BCUT2D eigenvalue weighted by atomic mass is 10.1. The van der Waals surface area contributed by atoms with Crippen LogP contribution in [0.3, 0.4) is 0 Å². The predicted molar refractivity (Wildman–Crippen MR) is 105 cm³/mol. The first-order valence-electron chi connectivity index (χ1n) is 8.95. The van der Waals surface area contributed by atoms with Gasteiger partial charge in [0, 0.05) is 16.6 Å². The Morgan fingerprint density at radius 2 is 2.07 bits per heavy atom. The van der Waals surface area contributed by atoms with Crippen LogP contribution >= 0.6 is 15.9 Å². The van der Waals surface area contributed by atoms with Crippen LogP contribution in [0.25, 0.3) is 0 Å². The molecule has 2 aromatic rings. The quantitative estimate of drug-likeness (QED) is 0.579. The van der Waals surface area contributed by atoms with Gasteiger partial charge in [0.25, 0.3) is 0 Å². The third-order valence-electron chi connectivity index (χ3n) is 4.32. The van der Waals surface area contributed by atoms with Crippen LogP contribution < -0.4 is 9.47 Å². The monoisotopic (exact) mass is 434 g/mol. The highest BCUT2D eigenvalue weighted by molar-refractivity contribution is 9.10. The predicted octanol–water partition coefficient (Wildman–Crippen LogP) is 4.30. The average molecular weight is 435 g/mol. The zero-order chi connectivity index (χ0) is 19.1. The minimum Gasteiger partial charge on any atom is -0.491 e. The molecule has 0 bridgehead atoms. The molecular weight excluding hydrogens is 412 g/mol. The zero-order valence-electron chi connectivity index (χ0n) is 15.3. The van der Waals surface area contributed by atoms with Gasteiger partial charge in [-0.15, -0.1) is 0 Å². The molecular formula is C21H23BrO5. The van der Waals surface area contributed by atoms with E-state index in [2.05, 4.69) is 15.9 Å². The van der Waals surface area contributed by atoms with Crippen LogP contribution in [-0.2, 0) is 27.3 Å². The smallest absolute Gasteiger partial charge is 0.310 e. The van der Waals surface area contributed by atoms with Gasteiger partial charge in [-0.25, -0.2) is 0 Å². The van der Waals surface area contributed by atoms with Gasteiger partial charge in [-0.3, -0.25) is 4.79 Å². The number of ether oxygens (including phenoxy) is 4. The van der Waals surface area contributed by atoms with E-state index in [9.17, 15) is 4.79 Å². The van der Waals surface area contributed by atoms with E-state index in [4.69, 9.17) is 18.9 Å². The van der Waals surface area contributed by atoms with E-state index in [1.165, 1.54) is 7.11 Å². The summed E-state index contributed by atoms with van der Waals surface area (Å²) in [6.45, 7) is 1.74. The van der Waals surface area contributed by atoms with Gasteiger partial charge in [0.2, 0.25) is 0 Å². The van der Waals surface area contributed by atoms with E-state index in [1.54, 1.807) is 0 Å². The minimum atomic E-state index is -0.293. The molecule has 1 aliphatic rings. The Morgan fingerprint density at radius 1 is 1.22 bits per heavy atom. The lowest BCUT2D eigenvalue weighted by molar-refractivity contribution is -0.139. The number of carbonyl (C=O) groups is 1. The van der Waals surface area contributed by atoms with Crippen LogP contribution in [0.15, 0.2) is 46.9 Å². The third-order valence-corrected chi connectivity index (χ3v) is 4.78. The van der Waals surface area contributed by atoms with Crippen molar-refractivity contribution in [3.8, 4) is 11.5 Å². The Morgan fingerprint density at radius 3 is 2.85 bits per heavy atom. The molecule has 0 N–H and O–H groups in total. The van der Waals surface area contributed by atoms with E-state index in [1.807, 2.05) is 42.5 Å². The van der Waals surface area contributed by atoms with Gasteiger partial charge in [-0.1, -0.05) is 34.1 Å². The average Bonchev–Trinajstić information content (AvgIpc) is 3.19. The minimum absolute atomic E-state index is 0.175. The third kappa shape index (κ3) is 5.97. The number of hydrogen-bond donors (Lipinski definition) is 0. The van der Waals surface area contributed by atoms with Crippen molar-refractivity contribution >= 4 is 21.9 Å². The Bertz CT molecular complexity index is 771. The first kappa shape index (κ1) is 19.7. The summed E-state index contributed by atoms with van der Waals surface area (Å²) in [5, 5.41) is 0. The first-order chi connectivity index (χ1) is 13.1. The molecule has 0 aromatic heterocycles. The van der Waals surface area contributed by atoms with Gasteiger partial charge in [-0.2, -0.15) is 0 Å². The van der Waals surface area contributed by atoms with Crippen molar-refractivity contribution in [3.05, 3.63) is 58.1 Å². The molecule has 0 saturated carbocycles. The Hall–Kier alpha value is -2.05. The second kappa shape index (κ2) is 9.76. The molecule has 144 valence electrons. The summed E-state index contributed by atoms with van der Waals surface area (Å²) in [6.07, 6.45) is 2.49. The summed E-state index contributed by atoms with van der Waals surface area (Å²) < 4.78 is 23.1. The molecule has 1 saturated heterocycles. The number of carbonyl (C=O) groups excluding carboxylic acids is 1. The summed E-state index contributed by atoms with van der Waals surface area (Å²) in [6, 6.07) is 13.4. The molecule has 1 heterocycles. The maximum Gasteiger partial charge on any atom is 0.310 e. The second-order valence-electron chi connectivity index (χ2n) is 6.39. The largest absolute Gasteiger partial charge is 0.491 e. The lowest BCUT2D eigenvalue weighted by Gasteiger charge is -2.14. The number of methoxy groups -OCH3 is 1. The van der Waals surface area contributed by atoms with E-state index in [0.29, 0.717) is 19.0 Å². The molecule has 1 atom stereocenters. The van der Waals surface area contributed by atoms with Gasteiger partial charge in [0.1, 0.15) is 24.7 Å². The number of hydrogen-bond acceptors (Lipinski definition) is 5. The second-order valence-corrected chi connectivity index (χ2v) is 7.31. The summed E-state index contributed by atoms with van der Waals surface area (Å²) in [4.78, 5) is 11.6. The highest BCUT2D eigenvalue weighted by Gasteiger charge is 2.16. The van der Waals surface area contributed by atoms with Crippen molar-refractivity contribution in [2.24, 2.45) is 0 Å². The molecule has 2 aromatic carbocycles. The molecule has 0 spiro atoms. The number of benzene rings is 2. The zero-order valence-corrected chi connectivity index (χ0v) is 16.9. The van der Waals surface area contributed by atoms with Crippen molar-refractivity contribution in [2.45, 2.75) is 32.0 Å². The van der Waals surface area contributed by atoms with E-state index in [-0.39, 0.29) is 18.5 Å². The summed E-state index contributed by atoms with van der Waals surface area (Å²) in [5.41, 5.74) is 1.77. The maximum absolute atomic E-state index is 11.6. The highest BCUT2D eigenvalue weighted by atomic mass is 79.9. The van der Waals surface area contributed by atoms with Crippen molar-refractivity contribution in [3.63, 3.8) is 0 Å². The lowest BCUT2D eigenvalue weighted by Crippen LogP contribution is -2.16. The van der Waals surface area contributed by atoms with Crippen molar-refractivity contribution < 1.29 is 23.7 Å². The number of rotatable bonds is 8. The Labute approximate surface area is 167 Å². The van der Waals surface area contributed by atoms with Crippen LogP contribution in [0.1, 0.15) is 24.0 Å². The number of halogens is 1. The Balaban J connectivity index is 1.63. The van der Waals surface area contributed by atoms with Crippen LogP contribution in [0.4, 0.5) is 0 Å². The van der Waals surface area contributed by atoms with Crippen molar-refractivity contribution in [1.29, 1.82) is 0 Å². The molecule has 1 unspecified atom stereocenters. The van der Waals surface area contributed by atoms with Crippen molar-refractivity contribution in [1.82, 2.24) is 0 Å². The molecule has 5 nitrogen and oxygen atoms in total. The molecule has 1 fully saturated rings. The summed E-state index contributed by atoms with van der Waals surface area (Å²) >= 11 is 3.52. The van der Waals surface area contributed by atoms with Gasteiger partial charge in [-0.05, 0) is 42.7 Å². The standard InChI is InChI=1S/C21H23BrO5/c1-24-21(23)11-16-5-2-3-7-20(16)27-13-15-9-17(22)12-19(10-15)26-14-18-6-4-8-25-18/h2-3,5,7,9-10,12,18H,4,6,8,11,13-14H2,1H3.